The third kappa shape index (κ3) is 3.29. The second kappa shape index (κ2) is 6.25. The van der Waals surface area contributed by atoms with Crippen molar-refractivity contribution in [3.05, 3.63) is 29.8 Å². The van der Waals surface area contributed by atoms with Crippen molar-refractivity contribution in [2.75, 3.05) is 24.5 Å². The Morgan fingerprint density at radius 3 is 2.48 bits per heavy atom. The zero-order valence-electron chi connectivity index (χ0n) is 14.6. The molecule has 0 bridgehead atoms. The summed E-state index contributed by atoms with van der Waals surface area (Å²) in [7, 11) is 0. The van der Waals surface area contributed by atoms with Crippen LogP contribution in [0.3, 0.4) is 0 Å². The lowest BCUT2D eigenvalue weighted by molar-refractivity contribution is -0.126. The van der Waals surface area contributed by atoms with Crippen molar-refractivity contribution in [1.29, 1.82) is 0 Å². The van der Waals surface area contributed by atoms with E-state index in [1.54, 1.807) is 0 Å². The maximum absolute atomic E-state index is 13.1. The summed E-state index contributed by atoms with van der Waals surface area (Å²) in [6.45, 7) is 9.18. The first-order chi connectivity index (χ1) is 10.9. The van der Waals surface area contributed by atoms with Gasteiger partial charge >= 0.3 is 0 Å². The molecule has 1 aromatic rings. The summed E-state index contributed by atoms with van der Waals surface area (Å²) in [4.78, 5) is 17.4. The molecule has 1 aromatic carbocycles. The molecule has 0 aliphatic carbocycles. The fourth-order valence-electron chi connectivity index (χ4n) is 3.86. The summed E-state index contributed by atoms with van der Waals surface area (Å²) in [6, 6.07) is 8.52. The van der Waals surface area contributed by atoms with Crippen molar-refractivity contribution < 1.29 is 4.79 Å². The predicted octanol–water partition coefficient (Wildman–Crippen LogP) is 2.55. The number of carbonyl (C=O) groups is 1. The van der Waals surface area contributed by atoms with Gasteiger partial charge in [-0.25, -0.2) is 0 Å². The maximum Gasteiger partial charge on any atom is 0.244 e. The number of rotatable bonds is 2. The third-order valence-corrected chi connectivity index (χ3v) is 5.54. The molecule has 23 heavy (non-hydrogen) atoms. The Bertz CT molecular complexity index is 566. The number of benzene rings is 1. The van der Waals surface area contributed by atoms with Gasteiger partial charge in [0.1, 0.15) is 0 Å². The summed E-state index contributed by atoms with van der Waals surface area (Å²) >= 11 is 0. The van der Waals surface area contributed by atoms with Gasteiger partial charge in [0.2, 0.25) is 5.91 Å². The molecule has 2 fully saturated rings. The number of carbonyl (C=O) groups excluding carboxylic acids is 1. The molecule has 3 rings (SSSR count). The Kier molecular flexibility index (Phi) is 4.47. The number of likely N-dealkylation sites (tertiary alicyclic amines) is 1. The van der Waals surface area contributed by atoms with Crippen LogP contribution in [-0.2, 0) is 4.79 Å². The normalized spacial score (nSPS) is 28.9. The van der Waals surface area contributed by atoms with E-state index < -0.39 is 0 Å². The first-order valence-corrected chi connectivity index (χ1v) is 8.76. The Morgan fingerprint density at radius 1 is 1.13 bits per heavy atom. The molecule has 2 heterocycles. The SMILES string of the molecule is Cc1ccc(N2CCCC(N3CCC(N)C(C)(C)C3)C2=O)cc1. The van der Waals surface area contributed by atoms with E-state index in [0.717, 1.165) is 44.6 Å². The van der Waals surface area contributed by atoms with E-state index in [9.17, 15) is 4.79 Å². The largest absolute Gasteiger partial charge is 0.327 e. The molecule has 2 unspecified atom stereocenters. The molecule has 4 heteroatoms. The van der Waals surface area contributed by atoms with Crippen molar-refractivity contribution in [2.24, 2.45) is 11.1 Å². The van der Waals surface area contributed by atoms with Crippen molar-refractivity contribution in [1.82, 2.24) is 4.90 Å². The average molecular weight is 315 g/mol. The summed E-state index contributed by atoms with van der Waals surface area (Å²) in [6.07, 6.45) is 3.00. The molecular weight excluding hydrogens is 286 g/mol. The molecule has 2 N–H and O–H groups in total. The summed E-state index contributed by atoms with van der Waals surface area (Å²) < 4.78 is 0. The lowest BCUT2D eigenvalue weighted by atomic mass is 9.79. The average Bonchev–Trinajstić information content (AvgIpc) is 2.51. The van der Waals surface area contributed by atoms with E-state index in [1.807, 2.05) is 4.90 Å². The highest BCUT2D eigenvalue weighted by Gasteiger charge is 2.40. The minimum Gasteiger partial charge on any atom is -0.327 e. The van der Waals surface area contributed by atoms with Crippen LogP contribution in [0.2, 0.25) is 0 Å². The summed E-state index contributed by atoms with van der Waals surface area (Å²) in [5.41, 5.74) is 8.57. The predicted molar refractivity (Wildman–Crippen MR) is 94.5 cm³/mol. The van der Waals surface area contributed by atoms with Crippen LogP contribution in [0.15, 0.2) is 24.3 Å². The Morgan fingerprint density at radius 2 is 1.83 bits per heavy atom. The van der Waals surface area contributed by atoms with Gasteiger partial charge in [0.05, 0.1) is 6.04 Å². The standard InChI is InChI=1S/C19H29N3O/c1-14-6-8-15(9-7-14)22-11-4-5-16(18(22)23)21-12-10-17(20)19(2,3)13-21/h6-9,16-17H,4-5,10-13,20H2,1-3H3. The van der Waals surface area contributed by atoms with Gasteiger partial charge in [0, 0.05) is 31.4 Å². The molecule has 0 radical (unpaired) electrons. The monoisotopic (exact) mass is 315 g/mol. The lowest BCUT2D eigenvalue weighted by Gasteiger charge is -2.47. The van der Waals surface area contributed by atoms with Crippen LogP contribution in [-0.4, -0.2) is 42.5 Å². The van der Waals surface area contributed by atoms with Crippen molar-refractivity contribution in [3.63, 3.8) is 0 Å². The lowest BCUT2D eigenvalue weighted by Crippen LogP contribution is -2.60. The van der Waals surface area contributed by atoms with Gasteiger partial charge in [0.15, 0.2) is 0 Å². The van der Waals surface area contributed by atoms with E-state index >= 15 is 0 Å². The van der Waals surface area contributed by atoms with E-state index in [4.69, 9.17) is 5.73 Å². The number of nitrogens with zero attached hydrogens (tertiary/aromatic N) is 2. The molecule has 0 spiro atoms. The van der Waals surface area contributed by atoms with Gasteiger partial charge in [0.25, 0.3) is 0 Å². The molecule has 4 nitrogen and oxygen atoms in total. The smallest absolute Gasteiger partial charge is 0.244 e. The van der Waals surface area contributed by atoms with Gasteiger partial charge in [-0.2, -0.15) is 0 Å². The highest BCUT2D eigenvalue weighted by atomic mass is 16.2. The number of hydrogen-bond donors (Lipinski definition) is 1. The Balaban J connectivity index is 1.76. The number of amides is 1. The van der Waals surface area contributed by atoms with Gasteiger partial charge in [-0.1, -0.05) is 31.5 Å². The highest BCUT2D eigenvalue weighted by molar-refractivity contribution is 5.97. The van der Waals surface area contributed by atoms with Crippen LogP contribution in [0.4, 0.5) is 5.69 Å². The molecule has 1 amide bonds. The maximum atomic E-state index is 13.1. The zero-order chi connectivity index (χ0) is 16.6. The molecular formula is C19H29N3O. The quantitative estimate of drug-likeness (QED) is 0.912. The van der Waals surface area contributed by atoms with Crippen molar-refractivity contribution in [3.8, 4) is 0 Å². The molecule has 0 aromatic heterocycles. The van der Waals surface area contributed by atoms with E-state index in [0.29, 0.717) is 0 Å². The Hall–Kier alpha value is -1.39. The topological polar surface area (TPSA) is 49.6 Å². The number of nitrogens with two attached hydrogens (primary N) is 1. The fourth-order valence-corrected chi connectivity index (χ4v) is 3.86. The minimum absolute atomic E-state index is 0.0110. The summed E-state index contributed by atoms with van der Waals surface area (Å²) in [5, 5.41) is 0. The first kappa shape index (κ1) is 16.5. The van der Waals surface area contributed by atoms with Crippen molar-refractivity contribution >= 4 is 11.6 Å². The van der Waals surface area contributed by atoms with Gasteiger partial charge in [-0.15, -0.1) is 0 Å². The minimum atomic E-state index is 0.0110. The highest BCUT2D eigenvalue weighted by Crippen LogP contribution is 2.32. The Labute approximate surface area is 139 Å². The molecule has 2 aliphatic rings. The fraction of sp³-hybridized carbons (Fsp3) is 0.632. The number of piperidine rings is 2. The summed E-state index contributed by atoms with van der Waals surface area (Å²) in [5.74, 6) is 0.256. The third-order valence-electron chi connectivity index (χ3n) is 5.54. The molecule has 2 saturated heterocycles. The molecule has 2 atom stereocenters. The zero-order valence-corrected chi connectivity index (χ0v) is 14.6. The van der Waals surface area contributed by atoms with E-state index in [2.05, 4.69) is 49.9 Å². The van der Waals surface area contributed by atoms with Crippen LogP contribution in [0.5, 0.6) is 0 Å². The number of hydrogen-bond acceptors (Lipinski definition) is 3. The number of anilines is 1. The van der Waals surface area contributed by atoms with Crippen molar-refractivity contribution in [2.45, 2.75) is 52.1 Å². The van der Waals surface area contributed by atoms with Gasteiger partial charge in [-0.05, 0) is 43.7 Å². The van der Waals surface area contributed by atoms with Crippen LogP contribution in [0.1, 0.15) is 38.7 Å². The van der Waals surface area contributed by atoms with Crippen LogP contribution in [0, 0.1) is 12.3 Å². The second-order valence-electron chi connectivity index (χ2n) is 7.84. The molecule has 0 saturated carbocycles. The van der Waals surface area contributed by atoms with E-state index in [-0.39, 0.29) is 23.4 Å². The molecule has 126 valence electrons. The van der Waals surface area contributed by atoms with E-state index in [1.165, 1.54) is 5.56 Å². The number of aryl methyl sites for hydroxylation is 1. The van der Waals surface area contributed by atoms with Gasteiger partial charge < -0.3 is 10.6 Å². The van der Waals surface area contributed by atoms with Crippen LogP contribution < -0.4 is 10.6 Å². The molecule has 2 aliphatic heterocycles. The van der Waals surface area contributed by atoms with Gasteiger partial charge in [-0.3, -0.25) is 9.69 Å². The second-order valence-corrected chi connectivity index (χ2v) is 7.84. The van der Waals surface area contributed by atoms with Crippen LogP contribution >= 0.6 is 0 Å². The first-order valence-electron chi connectivity index (χ1n) is 8.76. The van der Waals surface area contributed by atoms with Crippen LogP contribution in [0.25, 0.3) is 0 Å².